The van der Waals surface area contributed by atoms with Crippen LogP contribution in [-0.2, 0) is 16.5 Å². The van der Waals surface area contributed by atoms with E-state index in [1.54, 1.807) is 0 Å². The van der Waals surface area contributed by atoms with Crippen molar-refractivity contribution >= 4 is 0 Å². The predicted octanol–water partition coefficient (Wildman–Crippen LogP) is 0.499. The largest absolute Gasteiger partial charge is 0.444 e. The molecule has 0 rings (SSSR count). The van der Waals surface area contributed by atoms with Gasteiger partial charge in [0.05, 0.1) is 0 Å². The molecule has 0 fully saturated rings. The summed E-state index contributed by atoms with van der Waals surface area (Å²) in [7, 11) is 0. The van der Waals surface area contributed by atoms with Gasteiger partial charge in [-0.15, -0.1) is 10.7 Å². The molecule has 0 heterocycles. The van der Waals surface area contributed by atoms with Gasteiger partial charge in [-0.1, -0.05) is 0 Å². The molecule has 0 bridgehead atoms. The first-order valence-electron chi connectivity index (χ1n) is 0.730. The van der Waals surface area contributed by atoms with Crippen LogP contribution >= 0.6 is 0 Å². The average Bonchev–Trinajstić information content (AvgIpc) is 1.39. The molecule has 0 aliphatic rings. The Balaban J connectivity index is -0.0000000400. The molecule has 0 aliphatic carbocycles. The summed E-state index contributed by atoms with van der Waals surface area (Å²) < 4.78 is 0. The molecule has 0 radical (unpaired) electrons. The first-order valence-corrected chi connectivity index (χ1v) is 0.730. The van der Waals surface area contributed by atoms with Crippen molar-refractivity contribution in [2.75, 3.05) is 0 Å². The topological polar surface area (TPSA) is 105 Å². The number of hydrogen-bond donors (Lipinski definition) is 0. The van der Waals surface area contributed by atoms with Gasteiger partial charge in [-0.2, -0.15) is 0 Å². The van der Waals surface area contributed by atoms with Gasteiger partial charge in [0.15, 0.2) is 0 Å². The number of nitrogens with zero attached hydrogens (tertiary/aromatic N) is 2. The fourth-order valence-corrected chi connectivity index (χ4v) is 0. The molecular formula is N2NiO4-2. The second-order valence-corrected chi connectivity index (χ2v) is 0.149. The van der Waals surface area contributed by atoms with E-state index in [1.807, 2.05) is 0 Å². The van der Waals surface area contributed by atoms with E-state index in [4.69, 9.17) is 20.2 Å². The molecule has 6 nitrogen and oxygen atoms in total. The van der Waals surface area contributed by atoms with Crippen LogP contribution in [0.3, 0.4) is 0 Å². The average molecular weight is 151 g/mol. The van der Waals surface area contributed by atoms with Gasteiger partial charge < -0.3 is 20.2 Å². The molecule has 0 spiro atoms. The predicted molar refractivity (Wildman–Crippen MR) is 18.3 cm³/mol. The van der Waals surface area contributed by atoms with Crippen LogP contribution in [0, 0.1) is 20.2 Å². The van der Waals surface area contributed by atoms with Crippen molar-refractivity contribution < 1.29 is 16.5 Å². The van der Waals surface area contributed by atoms with Gasteiger partial charge in [-0.25, -0.2) is 0 Å². The van der Waals surface area contributed by atoms with Crippen LogP contribution < -0.4 is 0 Å². The van der Waals surface area contributed by atoms with Crippen molar-refractivity contribution in [2.24, 2.45) is 10.7 Å². The normalized spacial score (nSPS) is 3.43. The summed E-state index contributed by atoms with van der Waals surface area (Å²) in [4.78, 5) is 16.0. The van der Waals surface area contributed by atoms with Gasteiger partial charge in [0.1, 0.15) is 0 Å². The van der Waals surface area contributed by atoms with E-state index in [2.05, 4.69) is 0 Å². The molecular weight excluding hydrogens is 151 g/mol. The van der Waals surface area contributed by atoms with Crippen LogP contribution in [0.15, 0.2) is 10.7 Å². The quantitative estimate of drug-likeness (QED) is 0.285. The molecule has 7 heteroatoms. The fraction of sp³-hybridized carbons (Fsp3) is 0. The summed E-state index contributed by atoms with van der Waals surface area (Å²) in [6.07, 6.45) is 0. The molecule has 7 heavy (non-hydrogen) atoms. The van der Waals surface area contributed by atoms with Crippen molar-refractivity contribution in [1.82, 2.24) is 0 Å². The molecule has 0 saturated heterocycles. The Kier molecular flexibility index (Phi) is 135. The second-order valence-electron chi connectivity index (χ2n) is 0.149. The van der Waals surface area contributed by atoms with Crippen LogP contribution in [0.25, 0.3) is 0 Å². The summed E-state index contributed by atoms with van der Waals surface area (Å²) >= 11 is 0. The van der Waals surface area contributed by atoms with E-state index >= 15 is 0 Å². The van der Waals surface area contributed by atoms with Crippen LogP contribution in [0.1, 0.15) is 0 Å². The van der Waals surface area contributed by atoms with Crippen LogP contribution in [-0.4, -0.2) is 0 Å². The third-order valence-corrected chi connectivity index (χ3v) is 0. The van der Waals surface area contributed by atoms with E-state index in [1.165, 1.54) is 0 Å². The Morgan fingerprint density at radius 1 is 1.00 bits per heavy atom. The molecule has 0 amide bonds. The summed E-state index contributed by atoms with van der Waals surface area (Å²) in [5, 5.41) is 18.0. The van der Waals surface area contributed by atoms with Crippen LogP contribution in [0.5, 0.6) is 0 Å². The minimum atomic E-state index is 0. The van der Waals surface area contributed by atoms with E-state index < -0.39 is 0 Å². The zero-order valence-corrected chi connectivity index (χ0v) is 3.83. The maximum Gasteiger partial charge on any atom is 0 e. The Morgan fingerprint density at radius 3 is 1.00 bits per heavy atom. The van der Waals surface area contributed by atoms with Crippen LogP contribution in [0.2, 0.25) is 0 Å². The van der Waals surface area contributed by atoms with Gasteiger partial charge in [-0.3, -0.25) is 0 Å². The molecule has 0 aliphatic heterocycles. The van der Waals surface area contributed by atoms with Crippen molar-refractivity contribution in [3.05, 3.63) is 20.2 Å². The van der Waals surface area contributed by atoms with Gasteiger partial charge in [0.25, 0.3) is 0 Å². The maximum atomic E-state index is 8.00. The molecule has 0 aromatic rings. The van der Waals surface area contributed by atoms with Crippen molar-refractivity contribution in [3.63, 3.8) is 0 Å². The minimum Gasteiger partial charge on any atom is -0.444 e. The Morgan fingerprint density at radius 2 is 1.00 bits per heavy atom. The van der Waals surface area contributed by atoms with Crippen LogP contribution in [0.4, 0.5) is 0 Å². The van der Waals surface area contributed by atoms with Gasteiger partial charge in [0.2, 0.25) is 0 Å². The third-order valence-electron chi connectivity index (χ3n) is 0. The van der Waals surface area contributed by atoms with Gasteiger partial charge in [0, 0.05) is 16.5 Å². The Labute approximate surface area is 48.3 Å². The first-order chi connectivity index (χ1) is 2.83. The number of hydrogen-bond acceptors (Lipinski definition) is 6. The summed E-state index contributed by atoms with van der Waals surface area (Å²) in [6.45, 7) is 0. The number of rotatable bonds is 0. The monoisotopic (exact) mass is 150 g/mol. The standard InChI is InChI=1S/2HNO2.Ni/c2*2-1-3;/h2*(H,2,3);/p-2. The van der Waals surface area contributed by atoms with Crippen molar-refractivity contribution in [2.45, 2.75) is 0 Å². The zero-order chi connectivity index (χ0) is 5.41. The van der Waals surface area contributed by atoms with Crippen molar-refractivity contribution in [3.8, 4) is 0 Å². The fourth-order valence-electron chi connectivity index (χ4n) is 0. The SMILES string of the molecule is O=N[O-].O=N[O-].[Ni]. The van der Waals surface area contributed by atoms with E-state index in [0.29, 0.717) is 0 Å². The Bertz CT molecular complexity index is 30.7. The molecule has 0 unspecified atom stereocenters. The maximum absolute atomic E-state index is 8.00. The van der Waals surface area contributed by atoms with E-state index in [9.17, 15) is 0 Å². The molecule has 0 aromatic heterocycles. The summed E-state index contributed by atoms with van der Waals surface area (Å²) in [5.74, 6) is 0. The zero-order valence-electron chi connectivity index (χ0n) is 2.84. The molecule has 0 atom stereocenters. The minimum absolute atomic E-state index is 0. The van der Waals surface area contributed by atoms with E-state index in [-0.39, 0.29) is 16.5 Å². The van der Waals surface area contributed by atoms with E-state index in [0.717, 1.165) is 10.7 Å². The smallest absolute Gasteiger partial charge is 0 e. The van der Waals surface area contributed by atoms with Gasteiger partial charge >= 0.3 is 0 Å². The molecule has 0 saturated carbocycles. The molecule has 0 N–H and O–H groups in total. The summed E-state index contributed by atoms with van der Waals surface area (Å²) in [6, 6.07) is 0. The van der Waals surface area contributed by atoms with Crippen molar-refractivity contribution in [1.29, 1.82) is 0 Å². The van der Waals surface area contributed by atoms with Gasteiger partial charge in [-0.05, 0) is 0 Å². The second kappa shape index (κ2) is 58.3. The third kappa shape index (κ3) is 115. The first kappa shape index (κ1) is 16.3. The summed E-state index contributed by atoms with van der Waals surface area (Å²) in [5.41, 5.74) is 0. The molecule has 0 aromatic carbocycles. The Hall–Kier alpha value is -0.706. The molecule has 46 valence electrons.